The predicted molar refractivity (Wildman–Crippen MR) is 136 cm³/mol. The van der Waals surface area contributed by atoms with Crippen molar-refractivity contribution in [3.05, 3.63) is 72.1 Å². The molecule has 0 aliphatic heterocycles. The summed E-state index contributed by atoms with van der Waals surface area (Å²) in [7, 11) is 1.22. The van der Waals surface area contributed by atoms with Crippen molar-refractivity contribution in [1.29, 1.82) is 0 Å². The average molecular weight is 495 g/mol. The number of nitrogens with zero attached hydrogens (tertiary/aromatic N) is 4. The van der Waals surface area contributed by atoms with Gasteiger partial charge in [0.25, 0.3) is 5.91 Å². The second-order valence-corrected chi connectivity index (χ2v) is 9.94. The van der Waals surface area contributed by atoms with Gasteiger partial charge in [0, 0.05) is 43.1 Å². The van der Waals surface area contributed by atoms with Crippen LogP contribution in [0.5, 0.6) is 5.75 Å². The molecule has 4 aromatic rings. The van der Waals surface area contributed by atoms with Gasteiger partial charge in [-0.3, -0.25) is 9.10 Å². The minimum absolute atomic E-state index is 0.162. The van der Waals surface area contributed by atoms with Crippen LogP contribution in [0.3, 0.4) is 0 Å². The summed E-state index contributed by atoms with van der Waals surface area (Å²) < 4.78 is 32.9. The molecule has 0 radical (unpaired) electrons. The van der Waals surface area contributed by atoms with E-state index in [0.29, 0.717) is 35.1 Å². The Balaban J connectivity index is 1.65. The summed E-state index contributed by atoms with van der Waals surface area (Å²) in [6.07, 6.45) is 4.76. The van der Waals surface area contributed by atoms with Crippen molar-refractivity contribution in [2.75, 3.05) is 37.1 Å². The van der Waals surface area contributed by atoms with Crippen LogP contribution in [0.4, 0.5) is 17.3 Å². The molecule has 0 bridgehead atoms. The van der Waals surface area contributed by atoms with Crippen molar-refractivity contribution in [2.24, 2.45) is 0 Å². The molecule has 0 spiro atoms. The molecule has 11 heteroatoms. The van der Waals surface area contributed by atoms with Crippen molar-refractivity contribution >= 4 is 44.3 Å². The summed E-state index contributed by atoms with van der Waals surface area (Å²) in [5.74, 6) is 0.856. The number of sulfonamides is 1. The molecule has 0 fully saturated rings. The Kier molecular flexibility index (Phi) is 6.61. The predicted octanol–water partition coefficient (Wildman–Crippen LogP) is 2.99. The normalized spacial score (nSPS) is 11.3. The lowest BCUT2D eigenvalue weighted by Crippen LogP contribution is -2.26. The SMILES string of the molecule is CNC(=O)c1ccc(Nc2ncc3ccn(Cc4cc(OC)ccc4N(C)S(C)(=O)=O)c3n2)cc1. The van der Waals surface area contributed by atoms with Gasteiger partial charge in [-0.15, -0.1) is 0 Å². The number of hydrogen-bond donors (Lipinski definition) is 2. The number of benzene rings is 2. The van der Waals surface area contributed by atoms with Gasteiger partial charge in [-0.25, -0.2) is 13.4 Å². The number of ether oxygens (including phenoxy) is 1. The summed E-state index contributed by atoms with van der Waals surface area (Å²) in [4.78, 5) is 20.8. The average Bonchev–Trinajstić information content (AvgIpc) is 3.24. The first kappa shape index (κ1) is 24.0. The molecule has 2 aromatic heterocycles. The number of methoxy groups -OCH3 is 1. The Morgan fingerprint density at radius 2 is 1.89 bits per heavy atom. The van der Waals surface area contributed by atoms with E-state index >= 15 is 0 Å². The zero-order valence-electron chi connectivity index (χ0n) is 19.8. The van der Waals surface area contributed by atoms with Gasteiger partial charge < -0.3 is 19.9 Å². The van der Waals surface area contributed by atoms with Crippen molar-refractivity contribution < 1.29 is 17.9 Å². The lowest BCUT2D eigenvalue weighted by molar-refractivity contribution is 0.0963. The van der Waals surface area contributed by atoms with Crippen LogP contribution in [0, 0.1) is 0 Å². The Bertz CT molecular complexity index is 1480. The Morgan fingerprint density at radius 1 is 1.14 bits per heavy atom. The Labute approximate surface area is 203 Å². The molecule has 0 unspecified atom stereocenters. The van der Waals surface area contributed by atoms with Crippen LogP contribution in [-0.2, 0) is 16.6 Å². The third kappa shape index (κ3) is 5.19. The van der Waals surface area contributed by atoms with E-state index < -0.39 is 10.0 Å². The number of rotatable bonds is 8. The van der Waals surface area contributed by atoms with Crippen LogP contribution >= 0.6 is 0 Å². The minimum Gasteiger partial charge on any atom is -0.497 e. The molecule has 2 N–H and O–H groups in total. The van der Waals surface area contributed by atoms with E-state index in [2.05, 4.69) is 20.6 Å². The molecular formula is C24H26N6O4S. The lowest BCUT2D eigenvalue weighted by atomic mass is 10.1. The molecule has 0 atom stereocenters. The molecular weight excluding hydrogens is 468 g/mol. The van der Waals surface area contributed by atoms with E-state index in [-0.39, 0.29) is 5.91 Å². The maximum absolute atomic E-state index is 12.2. The van der Waals surface area contributed by atoms with Gasteiger partial charge in [0.05, 0.1) is 25.6 Å². The number of anilines is 3. The van der Waals surface area contributed by atoms with Gasteiger partial charge in [0.1, 0.15) is 11.4 Å². The fourth-order valence-electron chi connectivity index (χ4n) is 3.62. The zero-order chi connectivity index (χ0) is 25.2. The highest BCUT2D eigenvalue weighted by Gasteiger charge is 2.18. The molecule has 0 aliphatic carbocycles. The van der Waals surface area contributed by atoms with Gasteiger partial charge in [-0.1, -0.05) is 0 Å². The maximum atomic E-state index is 12.2. The van der Waals surface area contributed by atoms with E-state index in [1.807, 2.05) is 22.9 Å². The van der Waals surface area contributed by atoms with E-state index in [4.69, 9.17) is 4.74 Å². The molecule has 0 aliphatic rings. The number of nitrogens with one attached hydrogen (secondary N) is 2. The van der Waals surface area contributed by atoms with Crippen molar-refractivity contribution in [2.45, 2.75) is 6.54 Å². The molecule has 2 aromatic carbocycles. The molecule has 1 amide bonds. The Morgan fingerprint density at radius 3 is 2.54 bits per heavy atom. The van der Waals surface area contributed by atoms with Crippen LogP contribution in [0.15, 0.2) is 60.9 Å². The molecule has 0 saturated heterocycles. The van der Waals surface area contributed by atoms with Gasteiger partial charge in [0.2, 0.25) is 16.0 Å². The van der Waals surface area contributed by atoms with Crippen LogP contribution in [0.1, 0.15) is 15.9 Å². The smallest absolute Gasteiger partial charge is 0.251 e. The lowest BCUT2D eigenvalue weighted by Gasteiger charge is -2.21. The summed E-state index contributed by atoms with van der Waals surface area (Å²) in [5.41, 5.74) is 3.28. The number of carbonyl (C=O) groups is 1. The highest BCUT2D eigenvalue weighted by atomic mass is 32.2. The molecule has 182 valence electrons. The summed E-state index contributed by atoms with van der Waals surface area (Å²) in [6.45, 7) is 0.368. The van der Waals surface area contributed by atoms with Crippen LogP contribution in [0.25, 0.3) is 11.0 Å². The Hall–Kier alpha value is -4.12. The van der Waals surface area contributed by atoms with E-state index in [0.717, 1.165) is 16.6 Å². The molecule has 0 saturated carbocycles. The number of amides is 1. The molecule has 4 rings (SSSR count). The highest BCUT2D eigenvalue weighted by Crippen LogP contribution is 2.28. The monoisotopic (exact) mass is 494 g/mol. The number of fused-ring (bicyclic) bond motifs is 1. The maximum Gasteiger partial charge on any atom is 0.251 e. The standard InChI is InChI=1S/C24H26N6O4S/c1-25-23(31)16-5-7-19(8-6-16)27-24-26-14-17-11-12-30(22(17)28-24)15-18-13-20(34-3)9-10-21(18)29(2)35(4,32)33/h5-14H,15H2,1-4H3,(H,25,31)(H,26,27,28). The van der Waals surface area contributed by atoms with Crippen LogP contribution < -0.4 is 19.7 Å². The zero-order valence-corrected chi connectivity index (χ0v) is 20.6. The number of carbonyl (C=O) groups excluding carboxylic acids is 1. The van der Waals surface area contributed by atoms with Crippen LogP contribution in [-0.4, -0.2) is 56.3 Å². The van der Waals surface area contributed by atoms with Crippen molar-refractivity contribution in [3.63, 3.8) is 0 Å². The summed E-state index contributed by atoms with van der Waals surface area (Å²) >= 11 is 0. The first-order valence-corrected chi connectivity index (χ1v) is 12.6. The topological polar surface area (TPSA) is 118 Å². The first-order chi connectivity index (χ1) is 16.7. The van der Waals surface area contributed by atoms with E-state index in [1.165, 1.54) is 17.6 Å². The molecule has 2 heterocycles. The fraction of sp³-hybridized carbons (Fsp3) is 0.208. The number of aromatic nitrogens is 3. The summed E-state index contributed by atoms with van der Waals surface area (Å²) in [6, 6.07) is 14.2. The summed E-state index contributed by atoms with van der Waals surface area (Å²) in [5, 5.41) is 6.58. The van der Waals surface area contributed by atoms with Crippen molar-refractivity contribution in [1.82, 2.24) is 19.9 Å². The van der Waals surface area contributed by atoms with Gasteiger partial charge >= 0.3 is 0 Å². The van der Waals surface area contributed by atoms with E-state index in [9.17, 15) is 13.2 Å². The largest absolute Gasteiger partial charge is 0.497 e. The third-order valence-corrected chi connectivity index (χ3v) is 6.79. The highest BCUT2D eigenvalue weighted by molar-refractivity contribution is 7.92. The second kappa shape index (κ2) is 9.63. The third-order valence-electron chi connectivity index (χ3n) is 5.60. The second-order valence-electron chi connectivity index (χ2n) is 7.92. The minimum atomic E-state index is -3.45. The van der Waals surface area contributed by atoms with E-state index in [1.54, 1.807) is 56.8 Å². The fourth-order valence-corrected chi connectivity index (χ4v) is 4.16. The quantitative estimate of drug-likeness (QED) is 0.387. The van der Waals surface area contributed by atoms with Crippen LogP contribution in [0.2, 0.25) is 0 Å². The molecule has 10 nitrogen and oxygen atoms in total. The molecule has 35 heavy (non-hydrogen) atoms. The number of hydrogen-bond acceptors (Lipinski definition) is 7. The van der Waals surface area contributed by atoms with Gasteiger partial charge in [0.15, 0.2) is 0 Å². The van der Waals surface area contributed by atoms with Gasteiger partial charge in [-0.2, -0.15) is 4.98 Å². The first-order valence-electron chi connectivity index (χ1n) is 10.7. The van der Waals surface area contributed by atoms with Crippen molar-refractivity contribution in [3.8, 4) is 5.75 Å². The van der Waals surface area contributed by atoms with Gasteiger partial charge in [-0.05, 0) is 54.1 Å².